The Morgan fingerprint density at radius 2 is 0.591 bits per heavy atom. The van der Waals surface area contributed by atoms with Gasteiger partial charge in [0.05, 0.1) is 0 Å². The van der Waals surface area contributed by atoms with Crippen molar-refractivity contribution < 1.29 is 0 Å². The summed E-state index contributed by atoms with van der Waals surface area (Å²) in [6.07, 6.45) is 0. The van der Waals surface area contributed by atoms with Crippen LogP contribution in [-0.2, 0) is 0 Å². The molecule has 22 heavy (non-hydrogen) atoms. The van der Waals surface area contributed by atoms with Crippen molar-refractivity contribution in [1.29, 1.82) is 0 Å². The van der Waals surface area contributed by atoms with Gasteiger partial charge in [-0.25, -0.2) is 0 Å². The first kappa shape index (κ1) is 23.0. The molecule has 0 atom stereocenters. The second kappa shape index (κ2) is 10.1. The molecule has 0 aliphatic carbocycles. The zero-order chi connectivity index (χ0) is 17.4. The Kier molecular flexibility index (Phi) is 10.6. The normalized spacial score (nSPS) is 15.0. The molecule has 0 aliphatic rings. The van der Waals surface area contributed by atoms with E-state index in [2.05, 4.69) is 96.1 Å². The molecule has 0 amide bonds. The SMILES string of the molecule is CCN(CC)P(I)(N(CC)CC)(N(CC)CC)N(CC)CC. The van der Waals surface area contributed by atoms with Gasteiger partial charge in [-0.2, -0.15) is 0 Å². The number of nitrogens with zero attached hydrogens (tertiary/aromatic N) is 4. The summed E-state index contributed by atoms with van der Waals surface area (Å²) < 4.78 is 11.1. The fourth-order valence-electron chi connectivity index (χ4n) is 3.91. The third-order valence-corrected chi connectivity index (χ3v) is 18.3. The maximum atomic E-state index is 2.89. The van der Waals surface area contributed by atoms with E-state index in [9.17, 15) is 0 Å². The third kappa shape index (κ3) is 3.50. The molecule has 6 heteroatoms. The summed E-state index contributed by atoms with van der Waals surface area (Å²) in [5, 5.41) is 0. The standard InChI is InChI=1S/C16H40IN4P/c1-9-18(10-2)22(17,19(11-3)12-4,20(13-5)14-6)21(15-7)16-8/h9-16H2,1-8H3. The van der Waals surface area contributed by atoms with Crippen molar-refractivity contribution in [3.63, 3.8) is 0 Å². The molecule has 0 saturated carbocycles. The quantitative estimate of drug-likeness (QED) is 0.312. The molecular formula is C16H40IN4P. The Morgan fingerprint density at radius 3 is 0.682 bits per heavy atom. The molecule has 0 saturated heterocycles. The van der Waals surface area contributed by atoms with Gasteiger partial charge in [0.25, 0.3) is 0 Å². The van der Waals surface area contributed by atoms with E-state index in [1.165, 1.54) is 0 Å². The summed E-state index contributed by atoms with van der Waals surface area (Å²) in [4.78, 5) is -2.52. The Bertz CT molecular complexity index is 241. The van der Waals surface area contributed by atoms with Crippen LogP contribution in [0.3, 0.4) is 0 Å². The fraction of sp³-hybridized carbons (Fsp3) is 1.00. The van der Waals surface area contributed by atoms with Crippen molar-refractivity contribution in [2.45, 2.75) is 55.4 Å². The summed E-state index contributed by atoms with van der Waals surface area (Å²) in [7, 11) is 0. The van der Waals surface area contributed by atoms with E-state index in [0.717, 1.165) is 52.4 Å². The van der Waals surface area contributed by atoms with Gasteiger partial charge >= 0.3 is 153 Å². The van der Waals surface area contributed by atoms with E-state index >= 15 is 0 Å². The van der Waals surface area contributed by atoms with Crippen LogP contribution < -0.4 is 0 Å². The summed E-state index contributed by atoms with van der Waals surface area (Å²) in [5.74, 6) is 0. The van der Waals surface area contributed by atoms with E-state index in [4.69, 9.17) is 0 Å². The predicted molar refractivity (Wildman–Crippen MR) is 113 cm³/mol. The monoisotopic (exact) mass is 446 g/mol. The first-order valence-corrected chi connectivity index (χ1v) is 14.0. The molecule has 0 radical (unpaired) electrons. The van der Waals surface area contributed by atoms with Crippen LogP contribution in [-0.4, -0.2) is 71.0 Å². The molecule has 0 rings (SSSR count). The molecule has 0 bridgehead atoms. The summed E-state index contributed by atoms with van der Waals surface area (Å²) in [6.45, 7) is 27.3. The molecule has 0 fully saturated rings. The molecule has 0 spiro atoms. The van der Waals surface area contributed by atoms with Crippen LogP contribution in [0, 0.1) is 0 Å². The minimum atomic E-state index is -2.52. The van der Waals surface area contributed by atoms with Crippen LogP contribution in [0.25, 0.3) is 0 Å². The molecule has 0 unspecified atom stereocenters. The van der Waals surface area contributed by atoms with Gasteiger partial charge in [-0.3, -0.25) is 0 Å². The average Bonchev–Trinajstić information content (AvgIpc) is 2.51. The Balaban J connectivity index is 6.61. The van der Waals surface area contributed by atoms with Crippen LogP contribution in [0.5, 0.6) is 0 Å². The second-order valence-corrected chi connectivity index (χ2v) is 14.5. The van der Waals surface area contributed by atoms with Gasteiger partial charge < -0.3 is 0 Å². The molecule has 4 nitrogen and oxygen atoms in total. The van der Waals surface area contributed by atoms with Gasteiger partial charge in [-0.1, -0.05) is 0 Å². The van der Waals surface area contributed by atoms with Gasteiger partial charge in [0.2, 0.25) is 0 Å². The molecule has 136 valence electrons. The predicted octanol–water partition coefficient (Wildman–Crippen LogP) is 4.92. The average molecular weight is 446 g/mol. The van der Waals surface area contributed by atoms with Gasteiger partial charge in [0.1, 0.15) is 0 Å². The molecule has 0 heterocycles. The summed E-state index contributed by atoms with van der Waals surface area (Å²) >= 11 is 2.89. The fourth-order valence-corrected chi connectivity index (χ4v) is 17.3. The van der Waals surface area contributed by atoms with Crippen LogP contribution in [0.2, 0.25) is 0 Å². The topological polar surface area (TPSA) is 13.0 Å². The van der Waals surface area contributed by atoms with Crippen molar-refractivity contribution in [3.8, 4) is 0 Å². The summed E-state index contributed by atoms with van der Waals surface area (Å²) in [5.41, 5.74) is 0. The van der Waals surface area contributed by atoms with Gasteiger partial charge in [0.15, 0.2) is 0 Å². The zero-order valence-corrected chi connectivity index (χ0v) is 19.3. The first-order valence-electron chi connectivity index (χ1n) is 9.16. The van der Waals surface area contributed by atoms with Crippen LogP contribution >= 0.6 is 26.9 Å². The van der Waals surface area contributed by atoms with Gasteiger partial charge in [-0.15, -0.1) is 0 Å². The van der Waals surface area contributed by atoms with E-state index in [0.29, 0.717) is 0 Å². The van der Waals surface area contributed by atoms with E-state index < -0.39 is 4.85 Å². The Labute approximate surface area is 153 Å². The van der Waals surface area contributed by atoms with Crippen LogP contribution in [0.4, 0.5) is 0 Å². The van der Waals surface area contributed by atoms with E-state index in [1.807, 2.05) is 0 Å². The van der Waals surface area contributed by atoms with Crippen molar-refractivity contribution >= 4 is 26.9 Å². The molecule has 0 aromatic rings. The minimum absolute atomic E-state index is 1.10. The molecular weight excluding hydrogens is 406 g/mol. The number of hydrogen-bond donors (Lipinski definition) is 0. The number of halogens is 1. The van der Waals surface area contributed by atoms with Crippen molar-refractivity contribution in [1.82, 2.24) is 18.7 Å². The van der Waals surface area contributed by atoms with Crippen LogP contribution in [0.15, 0.2) is 0 Å². The van der Waals surface area contributed by atoms with Crippen molar-refractivity contribution in [2.24, 2.45) is 0 Å². The number of hydrogen-bond acceptors (Lipinski definition) is 4. The zero-order valence-electron chi connectivity index (χ0n) is 16.3. The number of rotatable bonds is 12. The molecule has 0 N–H and O–H groups in total. The Hall–Kier alpha value is 1.00. The van der Waals surface area contributed by atoms with Crippen LogP contribution in [0.1, 0.15) is 55.4 Å². The molecule has 0 aromatic heterocycles. The molecule has 0 aromatic carbocycles. The van der Waals surface area contributed by atoms with E-state index in [-0.39, 0.29) is 0 Å². The third-order valence-electron chi connectivity index (χ3n) is 4.87. The molecule has 0 aliphatic heterocycles. The van der Waals surface area contributed by atoms with Crippen molar-refractivity contribution in [2.75, 3.05) is 52.4 Å². The maximum absolute atomic E-state index is 2.89. The second-order valence-electron chi connectivity index (χ2n) is 5.39. The van der Waals surface area contributed by atoms with Crippen molar-refractivity contribution in [3.05, 3.63) is 0 Å². The van der Waals surface area contributed by atoms with Gasteiger partial charge in [-0.05, 0) is 0 Å². The Morgan fingerprint density at radius 1 is 0.455 bits per heavy atom. The van der Waals surface area contributed by atoms with E-state index in [1.54, 1.807) is 0 Å². The first-order chi connectivity index (χ1) is 10.4. The van der Waals surface area contributed by atoms with Gasteiger partial charge in [0, 0.05) is 0 Å². The summed E-state index contributed by atoms with van der Waals surface area (Å²) in [6, 6.07) is 0.